The van der Waals surface area contributed by atoms with Crippen LogP contribution in [0.3, 0.4) is 0 Å². The van der Waals surface area contributed by atoms with E-state index < -0.39 is 36.4 Å². The molecule has 7 nitrogen and oxygen atoms in total. The van der Waals surface area contributed by atoms with E-state index in [9.17, 15) is 19.2 Å². The average Bonchev–Trinajstić information content (AvgIpc) is 2.90. The average molecular weight is 458 g/mol. The van der Waals surface area contributed by atoms with Crippen molar-refractivity contribution >= 4 is 23.7 Å². The van der Waals surface area contributed by atoms with Crippen molar-refractivity contribution in [1.82, 2.24) is 0 Å². The molecule has 0 fully saturated rings. The fraction of sp³-hybridized carbons (Fsp3) is 0.111. The van der Waals surface area contributed by atoms with Gasteiger partial charge in [-0.2, -0.15) is 0 Å². The number of ether oxygens (including phenoxy) is 3. The Balaban J connectivity index is 1.61. The molecular weight excluding hydrogens is 436 g/mol. The molecular formula is C27H22O7. The number of esters is 3. The maximum absolute atomic E-state index is 12.4. The molecule has 0 aliphatic rings. The van der Waals surface area contributed by atoms with E-state index in [1.807, 2.05) is 0 Å². The summed E-state index contributed by atoms with van der Waals surface area (Å²) in [7, 11) is 0. The van der Waals surface area contributed by atoms with Crippen molar-refractivity contribution in [2.45, 2.75) is 6.10 Å². The van der Waals surface area contributed by atoms with E-state index in [0.29, 0.717) is 16.7 Å². The monoisotopic (exact) mass is 458 g/mol. The summed E-state index contributed by atoms with van der Waals surface area (Å²) in [5, 5.41) is 0. The van der Waals surface area contributed by atoms with Gasteiger partial charge in [0.1, 0.15) is 6.61 Å². The number of ketones is 1. The van der Waals surface area contributed by atoms with Crippen molar-refractivity contribution in [3.05, 3.63) is 120 Å². The lowest BCUT2D eigenvalue weighted by atomic mass is 10.2. The molecule has 1 atom stereocenters. The van der Waals surface area contributed by atoms with Gasteiger partial charge in [-0.1, -0.05) is 54.6 Å². The molecule has 0 unspecified atom stereocenters. The fourth-order valence-corrected chi connectivity index (χ4v) is 2.78. The lowest BCUT2D eigenvalue weighted by Gasteiger charge is -2.15. The Morgan fingerprint density at radius 3 is 1.56 bits per heavy atom. The molecule has 0 amide bonds. The van der Waals surface area contributed by atoms with Crippen LogP contribution in [0.2, 0.25) is 0 Å². The van der Waals surface area contributed by atoms with Crippen LogP contribution >= 0.6 is 0 Å². The molecule has 7 heteroatoms. The van der Waals surface area contributed by atoms with Gasteiger partial charge in [0.15, 0.2) is 18.5 Å². The Hall–Kier alpha value is -4.52. The molecule has 3 rings (SSSR count). The van der Waals surface area contributed by atoms with Crippen molar-refractivity contribution in [1.29, 1.82) is 0 Å². The van der Waals surface area contributed by atoms with Crippen molar-refractivity contribution < 1.29 is 33.4 Å². The number of carbonyl (C=O) groups is 4. The van der Waals surface area contributed by atoms with Crippen LogP contribution in [0.4, 0.5) is 0 Å². The van der Waals surface area contributed by atoms with Gasteiger partial charge in [0, 0.05) is 0 Å². The van der Waals surface area contributed by atoms with E-state index in [-0.39, 0.29) is 6.61 Å². The van der Waals surface area contributed by atoms with Gasteiger partial charge >= 0.3 is 17.9 Å². The number of benzene rings is 3. The number of carbonyl (C=O) groups excluding carboxylic acids is 4. The van der Waals surface area contributed by atoms with E-state index in [1.54, 1.807) is 91.0 Å². The van der Waals surface area contributed by atoms with Crippen LogP contribution in [0.1, 0.15) is 31.1 Å². The second-order valence-electron chi connectivity index (χ2n) is 7.04. The summed E-state index contributed by atoms with van der Waals surface area (Å²) >= 11 is 0. The molecule has 34 heavy (non-hydrogen) atoms. The highest BCUT2D eigenvalue weighted by molar-refractivity contribution is 5.95. The molecule has 0 aliphatic heterocycles. The van der Waals surface area contributed by atoms with Crippen LogP contribution in [-0.4, -0.2) is 43.0 Å². The summed E-state index contributed by atoms with van der Waals surface area (Å²) in [5.74, 6) is -2.41. The minimum absolute atomic E-state index is 0.304. The smallest absolute Gasteiger partial charge is 0.338 e. The number of rotatable bonds is 10. The fourth-order valence-electron chi connectivity index (χ4n) is 2.78. The van der Waals surface area contributed by atoms with Crippen LogP contribution in [0.25, 0.3) is 0 Å². The second kappa shape index (κ2) is 12.5. The standard InChI is InChI=1S/C27H22O7/c28-23(18-32-25(29)20-10-4-1-5-11-20)16-17-24(34-27(31)22-14-8-3-9-15-22)19-33-26(30)21-12-6-2-7-13-21/h1-17,24H,18-19H2/b17-16+/t24-/m1/s1. The molecule has 0 heterocycles. The van der Waals surface area contributed by atoms with Crippen LogP contribution in [0, 0.1) is 0 Å². The normalized spacial score (nSPS) is 11.4. The Morgan fingerprint density at radius 1 is 0.618 bits per heavy atom. The minimum Gasteiger partial charge on any atom is -0.458 e. The maximum Gasteiger partial charge on any atom is 0.338 e. The van der Waals surface area contributed by atoms with Crippen molar-refractivity contribution in [3.63, 3.8) is 0 Å². The number of hydrogen-bond acceptors (Lipinski definition) is 7. The Labute approximate surface area is 196 Å². The molecule has 0 radical (unpaired) electrons. The first-order valence-corrected chi connectivity index (χ1v) is 10.4. The first-order valence-electron chi connectivity index (χ1n) is 10.4. The third-order valence-electron chi connectivity index (χ3n) is 4.51. The molecule has 0 saturated carbocycles. The molecule has 0 N–H and O–H groups in total. The van der Waals surface area contributed by atoms with Gasteiger partial charge in [-0.25, -0.2) is 14.4 Å². The zero-order chi connectivity index (χ0) is 24.2. The Morgan fingerprint density at radius 2 is 1.06 bits per heavy atom. The highest BCUT2D eigenvalue weighted by Gasteiger charge is 2.17. The summed E-state index contributed by atoms with van der Waals surface area (Å²) in [4.78, 5) is 48.8. The predicted octanol–water partition coefficient (Wildman–Crippen LogP) is 4.05. The van der Waals surface area contributed by atoms with E-state index in [0.717, 1.165) is 6.08 Å². The van der Waals surface area contributed by atoms with Gasteiger partial charge in [-0.05, 0) is 48.6 Å². The molecule has 172 valence electrons. The van der Waals surface area contributed by atoms with Gasteiger partial charge in [0.05, 0.1) is 16.7 Å². The highest BCUT2D eigenvalue weighted by Crippen LogP contribution is 2.08. The van der Waals surface area contributed by atoms with E-state index in [1.165, 1.54) is 6.08 Å². The van der Waals surface area contributed by atoms with Crippen LogP contribution < -0.4 is 0 Å². The topological polar surface area (TPSA) is 96.0 Å². The van der Waals surface area contributed by atoms with Crippen LogP contribution in [0.5, 0.6) is 0 Å². The third kappa shape index (κ3) is 7.56. The van der Waals surface area contributed by atoms with Gasteiger partial charge in [0.2, 0.25) is 0 Å². The Bertz CT molecular complexity index is 1140. The van der Waals surface area contributed by atoms with Crippen molar-refractivity contribution in [3.8, 4) is 0 Å². The van der Waals surface area contributed by atoms with Gasteiger partial charge in [0.25, 0.3) is 0 Å². The predicted molar refractivity (Wildman–Crippen MR) is 123 cm³/mol. The van der Waals surface area contributed by atoms with Gasteiger partial charge in [-0.15, -0.1) is 0 Å². The van der Waals surface area contributed by atoms with E-state index in [4.69, 9.17) is 14.2 Å². The van der Waals surface area contributed by atoms with Gasteiger partial charge in [-0.3, -0.25) is 4.79 Å². The Kier molecular flexibility index (Phi) is 8.87. The highest BCUT2D eigenvalue weighted by atomic mass is 16.6. The molecule has 0 aliphatic carbocycles. The lowest BCUT2D eigenvalue weighted by Crippen LogP contribution is -2.24. The summed E-state index contributed by atoms with van der Waals surface area (Å²) in [6, 6.07) is 24.9. The van der Waals surface area contributed by atoms with Crippen molar-refractivity contribution in [2.75, 3.05) is 13.2 Å². The third-order valence-corrected chi connectivity index (χ3v) is 4.51. The summed E-state index contributed by atoms with van der Waals surface area (Å²) in [6.07, 6.45) is 1.38. The maximum atomic E-state index is 12.4. The first-order chi connectivity index (χ1) is 16.5. The summed E-state index contributed by atoms with van der Waals surface area (Å²) < 4.78 is 15.7. The first kappa shape index (κ1) is 24.1. The van der Waals surface area contributed by atoms with Crippen molar-refractivity contribution in [2.24, 2.45) is 0 Å². The van der Waals surface area contributed by atoms with Crippen LogP contribution in [-0.2, 0) is 19.0 Å². The zero-order valence-corrected chi connectivity index (χ0v) is 18.2. The largest absolute Gasteiger partial charge is 0.458 e. The minimum atomic E-state index is -1.03. The zero-order valence-electron chi connectivity index (χ0n) is 18.2. The lowest BCUT2D eigenvalue weighted by molar-refractivity contribution is -0.117. The molecule has 3 aromatic rings. The summed E-state index contributed by atoms with van der Waals surface area (Å²) in [6.45, 7) is -0.798. The second-order valence-corrected chi connectivity index (χ2v) is 7.04. The number of hydrogen-bond donors (Lipinski definition) is 0. The molecule has 3 aromatic carbocycles. The summed E-state index contributed by atoms with van der Waals surface area (Å²) in [5.41, 5.74) is 0.962. The van der Waals surface area contributed by atoms with E-state index >= 15 is 0 Å². The van der Waals surface area contributed by atoms with Crippen LogP contribution in [0.15, 0.2) is 103 Å². The van der Waals surface area contributed by atoms with E-state index in [2.05, 4.69) is 0 Å². The molecule has 0 spiro atoms. The van der Waals surface area contributed by atoms with Gasteiger partial charge < -0.3 is 14.2 Å². The SMILES string of the molecule is O=C(/C=C/[C@H](COC(=O)c1ccccc1)OC(=O)c1ccccc1)COC(=O)c1ccccc1. The molecule has 0 aromatic heterocycles. The molecule has 0 bridgehead atoms. The quantitative estimate of drug-likeness (QED) is 0.257. The molecule has 0 saturated heterocycles.